The summed E-state index contributed by atoms with van der Waals surface area (Å²) in [4.78, 5) is 25.4. The van der Waals surface area contributed by atoms with Crippen LogP contribution in [-0.4, -0.2) is 51.0 Å². The molecule has 0 aliphatic heterocycles. The van der Waals surface area contributed by atoms with E-state index in [0.717, 1.165) is 5.56 Å². The maximum absolute atomic E-state index is 13.3. The minimum absolute atomic E-state index is 0.122. The number of aliphatic hydroxyl groups is 1. The maximum Gasteiger partial charge on any atom is 0.312 e. The highest BCUT2D eigenvalue weighted by Gasteiger charge is 2.61. The normalized spacial score (nSPS) is 26.3. The second-order valence-electron chi connectivity index (χ2n) is 10.4. The lowest BCUT2D eigenvalue weighted by atomic mass is 9.65. The van der Waals surface area contributed by atoms with E-state index in [1.165, 1.54) is 13.2 Å². The third kappa shape index (κ3) is 5.68. The van der Waals surface area contributed by atoms with Crippen molar-refractivity contribution in [3.05, 3.63) is 47.7 Å². The van der Waals surface area contributed by atoms with E-state index in [1.54, 1.807) is 20.1 Å². The van der Waals surface area contributed by atoms with Crippen molar-refractivity contribution in [3.63, 3.8) is 0 Å². The molecule has 1 fully saturated rings. The van der Waals surface area contributed by atoms with Gasteiger partial charge in [-0.2, -0.15) is 0 Å². The summed E-state index contributed by atoms with van der Waals surface area (Å²) in [6, 6.07) is 9.06. The number of benzene rings is 1. The van der Waals surface area contributed by atoms with Crippen LogP contribution in [0.15, 0.2) is 41.0 Å². The number of hydrogen-bond acceptors (Lipinski definition) is 8. The van der Waals surface area contributed by atoms with E-state index < -0.39 is 43.7 Å². The van der Waals surface area contributed by atoms with Gasteiger partial charge in [0.05, 0.1) is 37.9 Å². The van der Waals surface area contributed by atoms with Gasteiger partial charge in [0.1, 0.15) is 31.6 Å². The molecule has 0 radical (unpaired) electrons. The van der Waals surface area contributed by atoms with Gasteiger partial charge in [0.15, 0.2) is 0 Å². The monoisotopic (exact) mass is 518 g/mol. The summed E-state index contributed by atoms with van der Waals surface area (Å²) >= 11 is 0. The fourth-order valence-electron chi connectivity index (χ4n) is 5.00. The highest BCUT2D eigenvalue weighted by atomic mass is 28.3. The zero-order valence-corrected chi connectivity index (χ0v) is 23.2. The summed E-state index contributed by atoms with van der Waals surface area (Å²) in [7, 11) is -0.501. The van der Waals surface area contributed by atoms with Crippen LogP contribution >= 0.6 is 0 Å². The largest absolute Gasteiger partial charge is 0.497 e. The van der Waals surface area contributed by atoms with Crippen LogP contribution in [0.4, 0.5) is 0 Å². The number of carbonyl (C=O) groups is 2. The first-order chi connectivity index (χ1) is 16.9. The van der Waals surface area contributed by atoms with Gasteiger partial charge in [0.25, 0.3) is 0 Å². The number of carbonyl (C=O) groups excluding carboxylic acids is 2. The molecule has 198 valence electrons. The summed E-state index contributed by atoms with van der Waals surface area (Å²) in [5, 5.41) is 13.2. The molecule has 1 aromatic heterocycles. The molecule has 0 bridgehead atoms. The third-order valence-corrected chi connectivity index (χ3v) is 8.42. The number of hydrogen-bond donors (Lipinski definition) is 1. The summed E-state index contributed by atoms with van der Waals surface area (Å²) in [6.45, 7) is 11.5. The van der Waals surface area contributed by atoms with E-state index >= 15 is 0 Å². The molecule has 2 aromatic rings. The maximum atomic E-state index is 13.3. The molecule has 0 unspecified atom stereocenters. The van der Waals surface area contributed by atoms with Crippen molar-refractivity contribution < 1.29 is 38.1 Å². The van der Waals surface area contributed by atoms with Gasteiger partial charge in [-0.3, -0.25) is 9.59 Å². The van der Waals surface area contributed by atoms with E-state index in [2.05, 4.69) is 19.6 Å². The highest BCUT2D eigenvalue weighted by Crippen LogP contribution is 2.47. The Morgan fingerprint density at radius 2 is 1.83 bits per heavy atom. The standard InChI is InChI=1S/C27H38O8Si/c1-8-32-25(29)22-15-17(2)23(35-18(3)28)24(34-16-19-9-11-20(31-4)12-10-19)27(22,30)21-13-14-33-26(21)36(5,6)7/h9-14,17,22-24,30H,8,15-16H2,1-7H3/t17-,22-,23+,24-,27+/m0/s1. The van der Waals surface area contributed by atoms with Crippen molar-refractivity contribution in [2.75, 3.05) is 13.7 Å². The Hall–Kier alpha value is -2.62. The second kappa shape index (κ2) is 11.2. The van der Waals surface area contributed by atoms with Crippen LogP contribution in [0.3, 0.4) is 0 Å². The Kier molecular flexibility index (Phi) is 8.69. The number of esters is 2. The smallest absolute Gasteiger partial charge is 0.312 e. The molecule has 1 saturated carbocycles. The average molecular weight is 519 g/mol. The SMILES string of the molecule is CCOC(=O)[C@@H]1C[C@H](C)[C@@H](OC(C)=O)[C@H](OCc2ccc(OC)cc2)[C@@]1(O)c1ccoc1[Si](C)(C)C. The quantitative estimate of drug-likeness (QED) is 0.395. The minimum atomic E-state index is -2.09. The zero-order valence-electron chi connectivity index (χ0n) is 22.2. The Labute approximate surface area is 213 Å². The predicted octanol–water partition coefficient (Wildman–Crippen LogP) is 3.76. The van der Waals surface area contributed by atoms with Crippen molar-refractivity contribution in [1.29, 1.82) is 0 Å². The molecule has 9 heteroatoms. The third-order valence-electron chi connectivity index (χ3n) is 6.67. The van der Waals surface area contributed by atoms with Crippen LogP contribution in [0.2, 0.25) is 19.6 Å². The van der Waals surface area contributed by atoms with Gasteiger partial charge in [-0.05, 0) is 43.0 Å². The lowest BCUT2D eigenvalue weighted by Gasteiger charge is -2.50. The van der Waals surface area contributed by atoms with Crippen molar-refractivity contribution in [1.82, 2.24) is 0 Å². The number of ether oxygens (including phenoxy) is 4. The van der Waals surface area contributed by atoms with E-state index in [0.29, 0.717) is 16.7 Å². The van der Waals surface area contributed by atoms with Crippen LogP contribution in [0, 0.1) is 11.8 Å². The fraction of sp³-hybridized carbons (Fsp3) is 0.556. The Balaban J connectivity index is 2.14. The Morgan fingerprint density at radius 1 is 1.17 bits per heavy atom. The molecule has 1 aromatic carbocycles. The van der Waals surface area contributed by atoms with E-state index in [4.69, 9.17) is 23.4 Å². The molecule has 0 spiro atoms. The van der Waals surface area contributed by atoms with Crippen LogP contribution in [-0.2, 0) is 36.0 Å². The van der Waals surface area contributed by atoms with Crippen LogP contribution in [0.25, 0.3) is 0 Å². The molecule has 1 N–H and O–H groups in total. The van der Waals surface area contributed by atoms with E-state index in [1.807, 2.05) is 31.2 Å². The predicted molar refractivity (Wildman–Crippen MR) is 137 cm³/mol. The first-order valence-electron chi connectivity index (χ1n) is 12.3. The molecule has 1 aliphatic carbocycles. The molecule has 5 atom stereocenters. The van der Waals surface area contributed by atoms with Crippen molar-refractivity contribution in [3.8, 4) is 5.75 Å². The first kappa shape index (κ1) is 28.0. The van der Waals surface area contributed by atoms with Gasteiger partial charge < -0.3 is 28.5 Å². The summed E-state index contributed by atoms with van der Waals surface area (Å²) in [6.07, 6.45) is -0.0516. The minimum Gasteiger partial charge on any atom is -0.497 e. The van der Waals surface area contributed by atoms with E-state index in [-0.39, 0.29) is 25.6 Å². The van der Waals surface area contributed by atoms with E-state index in [9.17, 15) is 14.7 Å². The van der Waals surface area contributed by atoms with Crippen molar-refractivity contribution >= 4 is 25.4 Å². The first-order valence-corrected chi connectivity index (χ1v) is 15.8. The van der Waals surface area contributed by atoms with Gasteiger partial charge in [-0.1, -0.05) is 38.7 Å². The number of rotatable bonds is 9. The van der Waals surface area contributed by atoms with Crippen molar-refractivity contribution in [2.45, 2.75) is 71.2 Å². The molecular formula is C27H38O8Si. The second-order valence-corrected chi connectivity index (χ2v) is 15.4. The Morgan fingerprint density at radius 3 is 2.39 bits per heavy atom. The summed E-state index contributed by atoms with van der Waals surface area (Å²) in [5.74, 6) is -1.51. The molecule has 36 heavy (non-hydrogen) atoms. The highest BCUT2D eigenvalue weighted by molar-refractivity contribution is 6.88. The lowest BCUT2D eigenvalue weighted by molar-refractivity contribution is -0.237. The molecule has 0 amide bonds. The fourth-order valence-corrected chi connectivity index (χ4v) is 6.51. The molecule has 0 saturated heterocycles. The average Bonchev–Trinajstić information content (AvgIpc) is 3.32. The molecule has 1 heterocycles. The summed E-state index contributed by atoms with van der Waals surface area (Å²) in [5.41, 5.74) is -0.514. The lowest BCUT2D eigenvalue weighted by Crippen LogP contribution is -2.63. The number of methoxy groups -OCH3 is 1. The van der Waals surface area contributed by atoms with Crippen molar-refractivity contribution in [2.24, 2.45) is 11.8 Å². The molecular weight excluding hydrogens is 480 g/mol. The Bertz CT molecular complexity index is 1040. The number of furan rings is 1. The zero-order chi connectivity index (χ0) is 26.7. The van der Waals surface area contributed by atoms with Gasteiger partial charge in [-0.15, -0.1) is 0 Å². The van der Waals surface area contributed by atoms with Crippen LogP contribution < -0.4 is 10.1 Å². The van der Waals surface area contributed by atoms with Crippen LogP contribution in [0.1, 0.15) is 38.3 Å². The molecule has 8 nitrogen and oxygen atoms in total. The molecule has 1 aliphatic rings. The topological polar surface area (TPSA) is 104 Å². The van der Waals surface area contributed by atoms with Crippen LogP contribution in [0.5, 0.6) is 5.75 Å². The van der Waals surface area contributed by atoms with Gasteiger partial charge in [0, 0.05) is 12.5 Å². The van der Waals surface area contributed by atoms with Gasteiger partial charge >= 0.3 is 11.9 Å². The van der Waals surface area contributed by atoms with Gasteiger partial charge in [-0.25, -0.2) is 0 Å². The molecule has 3 rings (SSSR count). The summed E-state index contributed by atoms with van der Waals surface area (Å²) < 4.78 is 28.6. The van der Waals surface area contributed by atoms with Gasteiger partial charge in [0.2, 0.25) is 0 Å².